The van der Waals surface area contributed by atoms with Gasteiger partial charge in [0.2, 0.25) is 5.91 Å². The van der Waals surface area contributed by atoms with E-state index in [-0.39, 0.29) is 24.4 Å². The lowest BCUT2D eigenvalue weighted by molar-refractivity contribution is -0.144. The largest absolute Gasteiger partial charge is 0.480 e. The molecule has 1 aromatic carbocycles. The van der Waals surface area contributed by atoms with Crippen molar-refractivity contribution in [2.75, 3.05) is 13.1 Å². The van der Waals surface area contributed by atoms with Gasteiger partial charge in [-0.1, -0.05) is 37.0 Å². The first-order valence-electron chi connectivity index (χ1n) is 8.77. The summed E-state index contributed by atoms with van der Waals surface area (Å²) in [6, 6.07) is 7.72. The lowest BCUT2D eigenvalue weighted by Gasteiger charge is -2.29. The van der Waals surface area contributed by atoms with E-state index in [2.05, 4.69) is 11.4 Å². The maximum atomic E-state index is 12.9. The molecule has 2 radical (unpaired) electrons. The van der Waals surface area contributed by atoms with Crippen LogP contribution in [0.2, 0.25) is 6.32 Å². The van der Waals surface area contributed by atoms with Gasteiger partial charge in [-0.2, -0.15) is 0 Å². The molecule has 0 aliphatic carbocycles. The van der Waals surface area contributed by atoms with Crippen molar-refractivity contribution in [2.24, 2.45) is 11.7 Å². The number of amides is 1. The highest BCUT2D eigenvalue weighted by atomic mass is 16.4. The molecule has 2 aliphatic rings. The van der Waals surface area contributed by atoms with Gasteiger partial charge in [0.15, 0.2) is 0 Å². The van der Waals surface area contributed by atoms with Gasteiger partial charge in [0, 0.05) is 25.6 Å². The first-order chi connectivity index (χ1) is 12.0. The number of fused-ring (bicyclic) bond motifs is 1. The molecule has 0 spiro atoms. The Morgan fingerprint density at radius 1 is 1.36 bits per heavy atom. The number of carboxylic acid groups (broad SMARTS) is 1. The third-order valence-corrected chi connectivity index (χ3v) is 5.47. The van der Waals surface area contributed by atoms with Crippen molar-refractivity contribution < 1.29 is 14.7 Å². The van der Waals surface area contributed by atoms with Crippen molar-refractivity contribution in [1.82, 2.24) is 10.2 Å². The van der Waals surface area contributed by atoms with Gasteiger partial charge in [0.25, 0.3) is 0 Å². The Morgan fingerprint density at radius 2 is 2.08 bits per heavy atom. The van der Waals surface area contributed by atoms with E-state index in [1.54, 1.807) is 4.90 Å². The monoisotopic (exact) mass is 341 g/mol. The Morgan fingerprint density at radius 3 is 2.76 bits per heavy atom. The number of carbonyl (C=O) groups excluding carboxylic acids is 1. The summed E-state index contributed by atoms with van der Waals surface area (Å²) >= 11 is 0. The lowest BCUT2D eigenvalue weighted by atomic mass is 9.83. The summed E-state index contributed by atoms with van der Waals surface area (Å²) in [5, 5.41) is 12.8. The SMILES string of the molecule is [B]CCC[C@H]1CN(C(=O)C2Cc3ccccc3CN2)C[C@@]1(N)C(=O)O. The highest BCUT2D eigenvalue weighted by Crippen LogP contribution is 2.31. The number of nitrogens with two attached hydrogens (primary N) is 1. The van der Waals surface area contributed by atoms with Crippen LogP contribution in [0.5, 0.6) is 0 Å². The van der Waals surface area contributed by atoms with Crippen LogP contribution in [0.15, 0.2) is 24.3 Å². The summed E-state index contributed by atoms with van der Waals surface area (Å²) in [6.45, 7) is 1.07. The van der Waals surface area contributed by atoms with Gasteiger partial charge in [-0.05, 0) is 24.0 Å². The maximum Gasteiger partial charge on any atom is 0.325 e. The molecule has 132 valence electrons. The molecule has 1 amide bonds. The first-order valence-corrected chi connectivity index (χ1v) is 8.77. The van der Waals surface area contributed by atoms with E-state index in [0.29, 0.717) is 38.7 Å². The first kappa shape index (κ1) is 18.0. The second-order valence-corrected chi connectivity index (χ2v) is 7.10. The summed E-state index contributed by atoms with van der Waals surface area (Å²) in [6.07, 6.45) is 2.42. The molecule has 0 aromatic heterocycles. The van der Waals surface area contributed by atoms with Crippen LogP contribution in [0.4, 0.5) is 0 Å². The summed E-state index contributed by atoms with van der Waals surface area (Å²) in [5.41, 5.74) is 7.14. The van der Waals surface area contributed by atoms with E-state index in [1.165, 1.54) is 5.56 Å². The molecule has 3 atom stereocenters. The third-order valence-electron chi connectivity index (χ3n) is 5.47. The standard InChI is InChI=1S/C18H24BN3O3/c19-7-3-6-14-10-22(11-18(14,20)17(24)25)16(23)15-8-12-4-1-2-5-13(12)9-21-15/h1-2,4-5,14-15,21H,3,6-11,20H2,(H,24,25)/t14-,15?,18-/m0/s1. The molecule has 0 saturated carbocycles. The number of rotatable bonds is 5. The fourth-order valence-electron chi connectivity index (χ4n) is 3.91. The van der Waals surface area contributed by atoms with Crippen molar-refractivity contribution in [1.29, 1.82) is 0 Å². The highest BCUT2D eigenvalue weighted by molar-refractivity contribution is 6.08. The van der Waals surface area contributed by atoms with Gasteiger partial charge >= 0.3 is 5.97 Å². The van der Waals surface area contributed by atoms with Crippen molar-refractivity contribution in [2.45, 2.75) is 43.7 Å². The van der Waals surface area contributed by atoms with Crippen molar-refractivity contribution in [3.8, 4) is 0 Å². The molecule has 2 heterocycles. The average molecular weight is 341 g/mol. The zero-order valence-electron chi connectivity index (χ0n) is 14.3. The summed E-state index contributed by atoms with van der Waals surface area (Å²) in [4.78, 5) is 26.2. The molecule has 1 aromatic rings. The zero-order valence-corrected chi connectivity index (χ0v) is 14.3. The van der Waals surface area contributed by atoms with Gasteiger partial charge in [-0.3, -0.25) is 9.59 Å². The fraction of sp³-hybridized carbons (Fsp3) is 0.556. The summed E-state index contributed by atoms with van der Waals surface area (Å²) in [5.74, 6) is -1.39. The van der Waals surface area contributed by atoms with Crippen LogP contribution in [0.3, 0.4) is 0 Å². The minimum absolute atomic E-state index is 0.0518. The van der Waals surface area contributed by atoms with Crippen LogP contribution >= 0.6 is 0 Å². The number of hydrogen-bond donors (Lipinski definition) is 3. The Kier molecular flexibility index (Phi) is 5.15. The van der Waals surface area contributed by atoms with Gasteiger partial charge in [0.05, 0.1) is 13.9 Å². The molecule has 0 bridgehead atoms. The molecule has 3 rings (SSSR count). The molecule has 1 fully saturated rings. The topological polar surface area (TPSA) is 95.7 Å². The number of hydrogen-bond acceptors (Lipinski definition) is 4. The molecular formula is C18H24BN3O3. The minimum Gasteiger partial charge on any atom is -0.480 e. The number of carboxylic acids is 1. The second-order valence-electron chi connectivity index (χ2n) is 7.10. The molecule has 7 heteroatoms. The number of carbonyl (C=O) groups is 2. The Balaban J connectivity index is 1.72. The normalized spacial score (nSPS) is 28.6. The average Bonchev–Trinajstić information content (AvgIpc) is 2.97. The lowest BCUT2D eigenvalue weighted by Crippen LogP contribution is -2.56. The van der Waals surface area contributed by atoms with Gasteiger partial charge in [0.1, 0.15) is 5.54 Å². The van der Waals surface area contributed by atoms with Gasteiger partial charge in [-0.25, -0.2) is 0 Å². The van der Waals surface area contributed by atoms with E-state index in [0.717, 1.165) is 5.56 Å². The molecule has 4 N–H and O–H groups in total. The van der Waals surface area contributed by atoms with E-state index in [1.807, 2.05) is 18.2 Å². The molecule has 1 saturated heterocycles. The van der Waals surface area contributed by atoms with Crippen LogP contribution in [-0.4, -0.2) is 54.4 Å². The molecule has 6 nitrogen and oxygen atoms in total. The van der Waals surface area contributed by atoms with Crippen molar-refractivity contribution in [3.63, 3.8) is 0 Å². The van der Waals surface area contributed by atoms with Gasteiger partial charge < -0.3 is 21.1 Å². The number of likely N-dealkylation sites (tertiary alicyclic amines) is 1. The van der Waals surface area contributed by atoms with E-state index >= 15 is 0 Å². The van der Waals surface area contributed by atoms with Crippen LogP contribution < -0.4 is 11.1 Å². The van der Waals surface area contributed by atoms with Crippen LogP contribution in [-0.2, 0) is 22.6 Å². The highest BCUT2D eigenvalue weighted by Gasteiger charge is 2.51. The molecular weight excluding hydrogens is 317 g/mol. The number of nitrogens with zero attached hydrogens (tertiary/aromatic N) is 1. The van der Waals surface area contributed by atoms with Crippen LogP contribution in [0, 0.1) is 5.92 Å². The predicted octanol–water partition coefficient (Wildman–Crippen LogP) is 0.308. The Bertz CT molecular complexity index is 669. The number of nitrogens with one attached hydrogen (secondary N) is 1. The van der Waals surface area contributed by atoms with Crippen molar-refractivity contribution >= 4 is 19.7 Å². The van der Waals surface area contributed by atoms with E-state index < -0.39 is 11.5 Å². The van der Waals surface area contributed by atoms with Crippen molar-refractivity contribution in [3.05, 3.63) is 35.4 Å². The van der Waals surface area contributed by atoms with E-state index in [4.69, 9.17) is 13.6 Å². The zero-order chi connectivity index (χ0) is 18.0. The fourth-order valence-corrected chi connectivity index (χ4v) is 3.91. The number of benzene rings is 1. The smallest absolute Gasteiger partial charge is 0.325 e. The Hall–Kier alpha value is -1.86. The quantitative estimate of drug-likeness (QED) is 0.670. The molecule has 2 aliphatic heterocycles. The predicted molar refractivity (Wildman–Crippen MR) is 95.2 cm³/mol. The summed E-state index contributed by atoms with van der Waals surface area (Å²) in [7, 11) is 5.55. The Labute approximate surface area is 149 Å². The van der Waals surface area contributed by atoms with Gasteiger partial charge in [-0.15, -0.1) is 0 Å². The van der Waals surface area contributed by atoms with Crippen LogP contribution in [0.25, 0.3) is 0 Å². The maximum absolute atomic E-state index is 12.9. The third kappa shape index (κ3) is 3.44. The second kappa shape index (κ2) is 7.18. The van der Waals surface area contributed by atoms with Crippen LogP contribution in [0.1, 0.15) is 24.0 Å². The minimum atomic E-state index is -1.39. The number of aliphatic carboxylic acids is 1. The molecule has 25 heavy (non-hydrogen) atoms. The van der Waals surface area contributed by atoms with E-state index in [9.17, 15) is 14.7 Å². The molecule has 1 unspecified atom stereocenters. The summed E-state index contributed by atoms with van der Waals surface area (Å²) < 4.78 is 0.